The van der Waals surface area contributed by atoms with E-state index in [1.807, 2.05) is 37.3 Å². The number of nitrogens with one attached hydrogen (secondary N) is 3. The maximum Gasteiger partial charge on any atom is 0.407 e. The first-order valence-corrected chi connectivity index (χ1v) is 13.4. The van der Waals surface area contributed by atoms with Crippen molar-refractivity contribution >= 4 is 46.9 Å². The average Bonchev–Trinajstić information content (AvgIpc) is 3.31. The topological polar surface area (TPSA) is 196 Å². The molecule has 0 aliphatic rings. The lowest BCUT2D eigenvalue weighted by Gasteiger charge is -2.23. The molecular formula is C27H37N9O6. The molecule has 0 radical (unpaired) electrons. The number of rotatable bonds is 12. The van der Waals surface area contributed by atoms with Crippen molar-refractivity contribution in [2.75, 3.05) is 37.2 Å². The highest BCUT2D eigenvalue weighted by molar-refractivity contribution is 5.97. The second-order valence-electron chi connectivity index (χ2n) is 10.2. The van der Waals surface area contributed by atoms with Crippen LogP contribution in [-0.2, 0) is 32.2 Å². The first kappa shape index (κ1) is 31.6. The maximum absolute atomic E-state index is 13.0. The van der Waals surface area contributed by atoms with Crippen LogP contribution in [0.3, 0.4) is 0 Å². The Morgan fingerprint density at radius 1 is 1.02 bits per heavy atom. The van der Waals surface area contributed by atoms with Crippen molar-refractivity contribution in [1.29, 1.82) is 0 Å². The molecule has 0 saturated heterocycles. The number of nitrogens with two attached hydrogens (primary N) is 1. The molecule has 0 spiro atoms. The van der Waals surface area contributed by atoms with E-state index < -0.39 is 23.7 Å². The van der Waals surface area contributed by atoms with Crippen molar-refractivity contribution in [1.82, 2.24) is 35.1 Å². The van der Waals surface area contributed by atoms with Crippen LogP contribution in [0.1, 0.15) is 39.7 Å². The summed E-state index contributed by atoms with van der Waals surface area (Å²) in [6.45, 7) is 8.05. The van der Waals surface area contributed by atoms with Gasteiger partial charge in [0, 0.05) is 32.6 Å². The first-order chi connectivity index (χ1) is 19.9. The lowest BCUT2D eigenvalue weighted by Crippen LogP contribution is -2.41. The van der Waals surface area contributed by atoms with Crippen LogP contribution in [0, 0.1) is 0 Å². The molecule has 0 aliphatic heterocycles. The van der Waals surface area contributed by atoms with E-state index in [1.165, 1.54) is 10.9 Å². The fourth-order valence-electron chi connectivity index (χ4n) is 3.72. The summed E-state index contributed by atoms with van der Waals surface area (Å²) in [4.78, 5) is 63.4. The SMILES string of the molecule is CCN(CCNC(=O)OC(C)(C)C)C(=O)Cn1cnc2c(NC(=O)CCNC(=O)OCc3ccccc3)nc(N)nc21. The van der Waals surface area contributed by atoms with Crippen LogP contribution in [0.25, 0.3) is 11.2 Å². The van der Waals surface area contributed by atoms with E-state index >= 15 is 0 Å². The van der Waals surface area contributed by atoms with Crippen molar-refractivity contribution in [2.24, 2.45) is 0 Å². The van der Waals surface area contributed by atoms with Gasteiger partial charge in [0.05, 0.1) is 6.33 Å². The minimum Gasteiger partial charge on any atom is -0.445 e. The van der Waals surface area contributed by atoms with Crippen molar-refractivity contribution in [3.8, 4) is 0 Å². The maximum atomic E-state index is 13.0. The van der Waals surface area contributed by atoms with Gasteiger partial charge >= 0.3 is 12.2 Å². The van der Waals surface area contributed by atoms with E-state index in [4.69, 9.17) is 15.2 Å². The fraction of sp³-hybridized carbons (Fsp3) is 0.444. The largest absolute Gasteiger partial charge is 0.445 e. The molecule has 3 aromatic rings. The van der Waals surface area contributed by atoms with Gasteiger partial charge in [-0.25, -0.2) is 14.6 Å². The Balaban J connectivity index is 1.52. The Morgan fingerprint density at radius 3 is 2.43 bits per heavy atom. The Labute approximate surface area is 243 Å². The number of carbonyl (C=O) groups is 4. The number of alkyl carbamates (subject to hydrolysis) is 2. The molecule has 0 unspecified atom stereocenters. The molecule has 2 heterocycles. The van der Waals surface area contributed by atoms with Gasteiger partial charge in [-0.2, -0.15) is 9.97 Å². The molecule has 15 heteroatoms. The van der Waals surface area contributed by atoms with Crippen molar-refractivity contribution in [3.63, 3.8) is 0 Å². The van der Waals surface area contributed by atoms with Crippen molar-refractivity contribution < 1.29 is 28.7 Å². The number of amides is 4. The number of carbonyl (C=O) groups excluding carboxylic acids is 4. The lowest BCUT2D eigenvalue weighted by molar-refractivity contribution is -0.131. The second-order valence-corrected chi connectivity index (χ2v) is 10.2. The summed E-state index contributed by atoms with van der Waals surface area (Å²) in [6, 6.07) is 9.21. The number of imidazole rings is 1. The summed E-state index contributed by atoms with van der Waals surface area (Å²) >= 11 is 0. The zero-order valence-corrected chi connectivity index (χ0v) is 24.2. The lowest BCUT2D eigenvalue weighted by atomic mass is 10.2. The number of hydrogen-bond donors (Lipinski definition) is 4. The average molecular weight is 584 g/mol. The zero-order chi connectivity index (χ0) is 30.7. The second kappa shape index (κ2) is 14.6. The number of hydrogen-bond acceptors (Lipinski definition) is 10. The van der Waals surface area contributed by atoms with E-state index in [0.717, 1.165) is 5.56 Å². The van der Waals surface area contributed by atoms with Crippen molar-refractivity contribution in [2.45, 2.75) is 52.9 Å². The molecule has 0 atom stereocenters. The van der Waals surface area contributed by atoms with Gasteiger partial charge in [-0.3, -0.25) is 9.59 Å². The third kappa shape index (κ3) is 9.91. The molecule has 0 fully saturated rings. The van der Waals surface area contributed by atoms with Gasteiger partial charge in [-0.05, 0) is 33.3 Å². The van der Waals surface area contributed by atoms with Crippen LogP contribution in [0.5, 0.6) is 0 Å². The number of fused-ring (bicyclic) bond motifs is 1. The number of benzene rings is 1. The molecule has 0 bridgehead atoms. The van der Waals surface area contributed by atoms with Crippen LogP contribution in [0.2, 0.25) is 0 Å². The Hall–Kier alpha value is -4.95. The van der Waals surface area contributed by atoms with E-state index in [1.54, 1.807) is 25.7 Å². The number of aromatic nitrogens is 4. The summed E-state index contributed by atoms with van der Waals surface area (Å²) < 4.78 is 11.8. The minimum atomic E-state index is -0.648. The Kier molecular flexibility index (Phi) is 11.0. The quantitative estimate of drug-likeness (QED) is 0.245. The number of nitrogen functional groups attached to an aromatic ring is 1. The molecule has 2 aromatic heterocycles. The van der Waals surface area contributed by atoms with Gasteiger partial charge in [-0.15, -0.1) is 0 Å². The number of nitrogens with zero attached hydrogens (tertiary/aromatic N) is 5. The Bertz CT molecular complexity index is 1390. The molecule has 226 valence electrons. The number of ether oxygens (including phenoxy) is 2. The zero-order valence-electron chi connectivity index (χ0n) is 24.2. The van der Waals surface area contributed by atoms with Gasteiger partial charge in [-0.1, -0.05) is 30.3 Å². The minimum absolute atomic E-state index is 0.0295. The van der Waals surface area contributed by atoms with Gasteiger partial charge in [0.2, 0.25) is 17.8 Å². The molecule has 15 nitrogen and oxygen atoms in total. The van der Waals surface area contributed by atoms with Crippen LogP contribution in [-0.4, -0.2) is 80.2 Å². The van der Waals surface area contributed by atoms with Crippen LogP contribution in [0.15, 0.2) is 36.7 Å². The van der Waals surface area contributed by atoms with E-state index in [-0.39, 0.29) is 68.0 Å². The van der Waals surface area contributed by atoms with Crippen LogP contribution >= 0.6 is 0 Å². The summed E-state index contributed by atoms with van der Waals surface area (Å²) in [5.41, 5.74) is 6.59. The standard InChI is InChI=1S/C27H37N9O6/c1-5-35(14-13-30-26(40)42-27(2,3)4)20(38)15-36-17-31-21-22(33-24(28)34-23(21)36)32-19(37)11-12-29-25(39)41-16-18-9-7-6-8-10-18/h6-10,17H,5,11-16H2,1-4H3,(H,29,39)(H,30,40)(H3,28,32,33,34,37). The molecule has 1 aromatic carbocycles. The highest BCUT2D eigenvalue weighted by Crippen LogP contribution is 2.20. The van der Waals surface area contributed by atoms with Gasteiger partial charge in [0.15, 0.2) is 17.0 Å². The predicted octanol–water partition coefficient (Wildman–Crippen LogP) is 2.04. The summed E-state index contributed by atoms with van der Waals surface area (Å²) in [5, 5.41) is 7.78. The van der Waals surface area contributed by atoms with E-state index in [2.05, 4.69) is 30.9 Å². The van der Waals surface area contributed by atoms with Gasteiger partial charge < -0.3 is 40.6 Å². The Morgan fingerprint density at radius 2 is 1.74 bits per heavy atom. The molecule has 5 N–H and O–H groups in total. The van der Waals surface area contributed by atoms with Gasteiger partial charge in [0.25, 0.3) is 0 Å². The number of likely N-dealkylation sites (N-methyl/N-ethyl adjacent to an activating group) is 1. The summed E-state index contributed by atoms with van der Waals surface area (Å²) in [5.74, 6) is -0.730. The van der Waals surface area contributed by atoms with E-state index in [9.17, 15) is 19.2 Å². The third-order valence-electron chi connectivity index (χ3n) is 5.66. The molecule has 3 rings (SSSR count). The molecule has 42 heavy (non-hydrogen) atoms. The molecule has 0 aliphatic carbocycles. The highest BCUT2D eigenvalue weighted by Gasteiger charge is 2.20. The fourth-order valence-corrected chi connectivity index (χ4v) is 3.72. The molecule has 4 amide bonds. The summed E-state index contributed by atoms with van der Waals surface area (Å²) in [6.07, 6.45) is 0.134. The molecule has 0 saturated carbocycles. The van der Waals surface area contributed by atoms with Gasteiger partial charge in [0.1, 0.15) is 18.8 Å². The smallest absolute Gasteiger partial charge is 0.407 e. The van der Waals surface area contributed by atoms with Crippen LogP contribution < -0.4 is 21.7 Å². The first-order valence-electron chi connectivity index (χ1n) is 13.4. The summed E-state index contributed by atoms with van der Waals surface area (Å²) in [7, 11) is 0. The third-order valence-corrected chi connectivity index (χ3v) is 5.66. The van der Waals surface area contributed by atoms with E-state index in [0.29, 0.717) is 6.54 Å². The predicted molar refractivity (Wildman–Crippen MR) is 154 cm³/mol. The van der Waals surface area contributed by atoms with Crippen molar-refractivity contribution in [3.05, 3.63) is 42.2 Å². The number of anilines is 2. The highest BCUT2D eigenvalue weighted by atomic mass is 16.6. The normalized spacial score (nSPS) is 11.0. The molecular weight excluding hydrogens is 546 g/mol. The monoisotopic (exact) mass is 583 g/mol. The van der Waals surface area contributed by atoms with Crippen LogP contribution in [0.4, 0.5) is 21.4 Å².